The van der Waals surface area contributed by atoms with Gasteiger partial charge < -0.3 is 0 Å². The fourth-order valence-corrected chi connectivity index (χ4v) is 42.0. The molecule has 0 aromatic heterocycles. The van der Waals surface area contributed by atoms with Gasteiger partial charge in [-0.1, -0.05) is 0 Å². The van der Waals surface area contributed by atoms with Crippen LogP contribution in [0.25, 0.3) is 0 Å². The van der Waals surface area contributed by atoms with E-state index in [1.165, 1.54) is 13.8 Å². The average molecular weight is 1240 g/mol. The number of rotatable bonds is 30. The summed E-state index contributed by atoms with van der Waals surface area (Å²) in [4.78, 5) is 0. The second-order valence-corrected chi connectivity index (χ2v) is 35.2. The summed E-state index contributed by atoms with van der Waals surface area (Å²) in [5.41, 5.74) is 0. The Morgan fingerprint density at radius 1 is 0.277 bits per heavy atom. The third-order valence-electron chi connectivity index (χ3n) is 9.07. The standard InChI is InChI=1S/2C8H17O.4C4H2F7.O.2Sn/c2*1-2-3-4-5-6-7-8-9;4*5-2(6)3(7,8)1-4(9,10)11;;;/h2*2-8H2,1H3;4*1H2;;;/q2*-1;;;;;;2*+1. The van der Waals surface area contributed by atoms with Gasteiger partial charge in [0.05, 0.1) is 0 Å². The maximum absolute atomic E-state index is 16.4. The molecule has 0 N–H and O–H groups in total. The third-order valence-corrected chi connectivity index (χ3v) is 38.8. The molecule has 0 heterocycles. The molecule has 0 aliphatic rings. The molecule has 0 aliphatic carbocycles. The molecule has 0 radical (unpaired) electrons. The van der Waals surface area contributed by atoms with Crippen LogP contribution in [0.3, 0.4) is 0 Å². The Morgan fingerprint density at radius 2 is 0.462 bits per heavy atom. The van der Waals surface area contributed by atoms with Crippen LogP contribution < -0.4 is 0 Å². The second-order valence-electron chi connectivity index (χ2n) is 14.9. The van der Waals surface area contributed by atoms with Crippen molar-refractivity contribution in [2.24, 2.45) is 0 Å². The third kappa shape index (κ3) is 16.3. The predicted octanol–water partition coefficient (Wildman–Crippen LogP) is 15.7. The summed E-state index contributed by atoms with van der Waals surface area (Å²) >= 11 is -24.4. The van der Waals surface area contributed by atoms with Crippen LogP contribution in [-0.4, -0.2) is 116 Å². The van der Waals surface area contributed by atoms with Crippen molar-refractivity contribution >= 4 is 38.4 Å². The van der Waals surface area contributed by atoms with E-state index in [-0.39, 0.29) is 38.5 Å². The molecule has 0 aromatic carbocycles. The number of unbranched alkanes of at least 4 members (excludes halogenated alkanes) is 10. The Kier molecular flexibility index (Phi) is 22.6. The van der Waals surface area contributed by atoms with Crippen molar-refractivity contribution in [3.8, 4) is 0 Å². The van der Waals surface area contributed by atoms with Crippen LogP contribution in [0.5, 0.6) is 0 Å². The van der Waals surface area contributed by atoms with Crippen molar-refractivity contribution in [2.45, 2.75) is 181 Å². The summed E-state index contributed by atoms with van der Waals surface area (Å²) in [7, 11) is 0. The molecule has 0 unspecified atom stereocenters. The average Bonchev–Trinajstić information content (AvgIpc) is 3.04. The molecular formula is C32H42F28O3Sn2. The first-order chi connectivity index (χ1) is 28.7. The molecule has 0 aliphatic heterocycles. The summed E-state index contributed by atoms with van der Waals surface area (Å²) in [6, 6.07) is 0. The van der Waals surface area contributed by atoms with Gasteiger partial charge in [0.1, 0.15) is 0 Å². The summed E-state index contributed by atoms with van der Waals surface area (Å²) in [6.07, 6.45) is -51.2. The van der Waals surface area contributed by atoms with Gasteiger partial charge in [-0.15, -0.1) is 0 Å². The first-order valence-electron chi connectivity index (χ1n) is 18.9. The van der Waals surface area contributed by atoms with Crippen molar-refractivity contribution in [3.05, 3.63) is 0 Å². The van der Waals surface area contributed by atoms with Crippen LogP contribution in [0.4, 0.5) is 123 Å². The normalized spacial score (nSPS) is 15.6. The van der Waals surface area contributed by atoms with Gasteiger partial charge >= 0.3 is 363 Å². The molecule has 0 bridgehead atoms. The van der Waals surface area contributed by atoms with Gasteiger partial charge in [-0.25, -0.2) is 0 Å². The Morgan fingerprint density at radius 3 is 0.646 bits per heavy atom. The van der Waals surface area contributed by atoms with Crippen molar-refractivity contribution in [3.63, 3.8) is 0 Å². The Bertz CT molecular complexity index is 1240. The van der Waals surface area contributed by atoms with Crippen molar-refractivity contribution < 1.29 is 130 Å². The van der Waals surface area contributed by atoms with Crippen LogP contribution in [-0.2, 0) is 7.56 Å². The molecule has 0 amide bonds. The van der Waals surface area contributed by atoms with Crippen molar-refractivity contribution in [1.82, 2.24) is 0 Å². The van der Waals surface area contributed by atoms with Crippen molar-refractivity contribution in [2.75, 3.05) is 13.2 Å². The molecule has 392 valence electrons. The van der Waals surface area contributed by atoms with Crippen LogP contribution in [0.1, 0.15) is 117 Å². The second kappa shape index (κ2) is 22.7. The summed E-state index contributed by atoms with van der Waals surface area (Å²) in [5, 5.41) is 0. The van der Waals surface area contributed by atoms with E-state index in [4.69, 9.17) is 0 Å². The van der Waals surface area contributed by atoms with Crippen LogP contribution in [0.15, 0.2) is 0 Å². The molecule has 65 heavy (non-hydrogen) atoms. The van der Waals surface area contributed by atoms with Crippen LogP contribution >= 0.6 is 0 Å². The molecule has 0 spiro atoms. The van der Waals surface area contributed by atoms with Crippen LogP contribution in [0, 0.1) is 0 Å². The molecular weight excluding hydrogens is 1200 g/mol. The molecule has 0 rings (SSSR count). The number of hydrogen-bond acceptors (Lipinski definition) is 3. The van der Waals surface area contributed by atoms with Gasteiger partial charge in [0.15, 0.2) is 0 Å². The number of halogens is 28. The van der Waals surface area contributed by atoms with Crippen LogP contribution in [0.2, 0.25) is 0 Å². The fraction of sp³-hybridized carbons (Fsp3) is 1.00. The fourth-order valence-electron chi connectivity index (χ4n) is 5.89. The molecule has 0 atom stereocenters. The minimum atomic E-state index is -12.2. The van der Waals surface area contributed by atoms with E-state index in [1.54, 1.807) is 0 Å². The molecule has 0 saturated carbocycles. The zero-order valence-electron chi connectivity index (χ0n) is 33.5. The van der Waals surface area contributed by atoms with Gasteiger partial charge in [0.2, 0.25) is 0 Å². The molecule has 0 aromatic rings. The number of hydrogen-bond donors (Lipinski definition) is 0. The van der Waals surface area contributed by atoms with E-state index in [2.05, 4.69) is 7.56 Å². The Labute approximate surface area is 361 Å². The van der Waals surface area contributed by atoms with E-state index in [1.807, 2.05) is 0 Å². The first-order valence-corrected chi connectivity index (χ1v) is 29.3. The molecule has 0 fully saturated rings. The van der Waals surface area contributed by atoms with Crippen molar-refractivity contribution in [1.29, 1.82) is 0 Å². The zero-order valence-corrected chi connectivity index (χ0v) is 39.2. The Balaban J connectivity index is 9.54. The summed E-state index contributed by atoms with van der Waals surface area (Å²) < 4.78 is 391. The Hall–Kier alpha value is -0.483. The molecule has 33 heteroatoms. The SMILES string of the molecule is CCCCCCCC[O][Sn]([O][Sn]([O]CCCCCCCC)([C](F)(F)C(F)(F)CC(F)(F)F)[C](F)(F)C(F)(F)CC(F)(F)F)([C](F)(F)C(F)(F)CC(F)(F)F)[C](F)(F)C(F)(F)CC(F)(F)F. The topological polar surface area (TPSA) is 27.7 Å². The maximum atomic E-state index is 16.4. The van der Waals surface area contributed by atoms with E-state index in [0.717, 1.165) is 0 Å². The van der Waals surface area contributed by atoms with E-state index < -0.39 is 167 Å². The van der Waals surface area contributed by atoms with Gasteiger partial charge in [-0.2, -0.15) is 0 Å². The summed E-state index contributed by atoms with van der Waals surface area (Å²) in [6.45, 7) is -2.26. The minimum absolute atomic E-state index is 0.0199. The number of alkyl halides is 28. The molecule has 0 saturated heterocycles. The van der Waals surface area contributed by atoms with E-state index in [0.29, 0.717) is 12.8 Å². The first kappa shape index (κ1) is 64.5. The van der Waals surface area contributed by atoms with Gasteiger partial charge in [-0.3, -0.25) is 0 Å². The summed E-state index contributed by atoms with van der Waals surface area (Å²) in [5.74, 6) is -31.4. The zero-order chi connectivity index (χ0) is 51.8. The predicted molar refractivity (Wildman–Crippen MR) is 174 cm³/mol. The van der Waals surface area contributed by atoms with Gasteiger partial charge in [-0.05, 0) is 0 Å². The monoisotopic (exact) mass is 1250 g/mol. The van der Waals surface area contributed by atoms with E-state index >= 15 is 70.2 Å². The van der Waals surface area contributed by atoms with E-state index in [9.17, 15) is 52.7 Å². The quantitative estimate of drug-likeness (QED) is 0.0408. The van der Waals surface area contributed by atoms with Gasteiger partial charge in [0.25, 0.3) is 0 Å². The molecule has 3 nitrogen and oxygen atoms in total. The van der Waals surface area contributed by atoms with Gasteiger partial charge in [0, 0.05) is 0 Å².